The van der Waals surface area contributed by atoms with Crippen molar-refractivity contribution < 1.29 is 25.8 Å². The fraction of sp³-hybridized carbons (Fsp3) is 0.154. The molecule has 0 amide bonds. The molecule has 1 aliphatic rings. The van der Waals surface area contributed by atoms with Crippen molar-refractivity contribution in [3.8, 4) is 5.75 Å². The van der Waals surface area contributed by atoms with Gasteiger partial charge in [-0.15, -0.1) is 0 Å². The van der Waals surface area contributed by atoms with E-state index < -0.39 is 21.4 Å². The third-order valence-corrected chi connectivity index (χ3v) is 3.98. The number of fused-ring (bicyclic) bond motifs is 2. The molecule has 1 heterocycles. The van der Waals surface area contributed by atoms with Crippen LogP contribution in [0.25, 0.3) is 17.0 Å². The predicted molar refractivity (Wildman–Crippen MR) is 70.1 cm³/mol. The highest BCUT2D eigenvalue weighted by Gasteiger charge is 2.48. The van der Waals surface area contributed by atoms with Crippen molar-refractivity contribution in [3.05, 3.63) is 41.6 Å². The summed E-state index contributed by atoms with van der Waals surface area (Å²) in [6, 6.07) is 5.65. The number of hydrogen-bond donors (Lipinski definition) is 0. The van der Waals surface area contributed by atoms with Gasteiger partial charge in [0, 0.05) is 17.9 Å². The molecule has 8 heteroatoms. The number of benzene rings is 1. The number of rotatable bonds is 2. The molecular formula is C13H8F3NO3S. The second-order valence-corrected chi connectivity index (χ2v) is 6.01. The quantitative estimate of drug-likeness (QED) is 0.631. The molecule has 2 aromatic rings. The second-order valence-electron chi connectivity index (χ2n) is 4.47. The molecular weight excluding hydrogens is 307 g/mol. The number of hydrogen-bond acceptors (Lipinski definition) is 4. The van der Waals surface area contributed by atoms with Gasteiger partial charge in [0.25, 0.3) is 0 Å². The maximum atomic E-state index is 12.3. The first kappa shape index (κ1) is 13.9. The van der Waals surface area contributed by atoms with Gasteiger partial charge in [0.05, 0.1) is 11.2 Å². The summed E-state index contributed by atoms with van der Waals surface area (Å²) < 4.78 is 62.8. The standard InChI is InChI=1S/C13H8F3NO3S/c14-13(15,16)21(18,19)20-10-5-4-9-6-8-2-1-3-11(8)17-12(9)7-10/h1-2,4-7H,3H2. The van der Waals surface area contributed by atoms with Crippen molar-refractivity contribution in [1.29, 1.82) is 0 Å². The van der Waals surface area contributed by atoms with Crippen LogP contribution in [0.1, 0.15) is 11.3 Å². The monoisotopic (exact) mass is 315 g/mol. The number of alkyl halides is 3. The molecule has 1 aromatic carbocycles. The maximum Gasteiger partial charge on any atom is 0.534 e. The molecule has 0 N–H and O–H groups in total. The van der Waals surface area contributed by atoms with E-state index in [9.17, 15) is 21.6 Å². The molecule has 0 saturated carbocycles. The van der Waals surface area contributed by atoms with E-state index in [1.807, 2.05) is 18.2 Å². The van der Waals surface area contributed by atoms with Crippen molar-refractivity contribution in [1.82, 2.24) is 4.98 Å². The van der Waals surface area contributed by atoms with Gasteiger partial charge in [0.1, 0.15) is 5.75 Å². The van der Waals surface area contributed by atoms with Crippen LogP contribution in [0.4, 0.5) is 13.2 Å². The zero-order valence-electron chi connectivity index (χ0n) is 10.4. The van der Waals surface area contributed by atoms with Gasteiger partial charge in [0.2, 0.25) is 0 Å². The molecule has 21 heavy (non-hydrogen) atoms. The fourth-order valence-corrected chi connectivity index (χ4v) is 2.49. The molecule has 0 saturated heterocycles. The highest BCUT2D eigenvalue weighted by molar-refractivity contribution is 7.88. The van der Waals surface area contributed by atoms with Gasteiger partial charge in [-0.1, -0.05) is 12.2 Å². The molecule has 110 valence electrons. The summed E-state index contributed by atoms with van der Waals surface area (Å²) in [4.78, 5) is 4.29. The molecule has 1 aromatic heterocycles. The average molecular weight is 315 g/mol. The number of allylic oxidation sites excluding steroid dienone is 1. The molecule has 0 spiro atoms. The van der Waals surface area contributed by atoms with Crippen LogP contribution in [0.3, 0.4) is 0 Å². The first-order valence-corrected chi connectivity index (χ1v) is 7.28. The molecule has 0 radical (unpaired) electrons. The molecule has 4 nitrogen and oxygen atoms in total. The van der Waals surface area contributed by atoms with E-state index in [0.717, 1.165) is 11.3 Å². The van der Waals surface area contributed by atoms with E-state index >= 15 is 0 Å². The van der Waals surface area contributed by atoms with E-state index in [4.69, 9.17) is 0 Å². The lowest BCUT2D eigenvalue weighted by Crippen LogP contribution is -2.28. The summed E-state index contributed by atoms with van der Waals surface area (Å²) in [5, 5.41) is 0.692. The SMILES string of the molecule is O=S(=O)(Oc1ccc2cc3c(nc2c1)CC=C3)C(F)(F)F. The second kappa shape index (κ2) is 4.45. The van der Waals surface area contributed by atoms with Gasteiger partial charge in [-0.2, -0.15) is 21.6 Å². The highest BCUT2D eigenvalue weighted by atomic mass is 32.2. The zero-order valence-corrected chi connectivity index (χ0v) is 11.2. The first-order chi connectivity index (χ1) is 9.76. The van der Waals surface area contributed by atoms with E-state index in [-0.39, 0.29) is 0 Å². The Labute approximate surface area is 118 Å². The van der Waals surface area contributed by atoms with E-state index in [2.05, 4.69) is 9.17 Å². The van der Waals surface area contributed by atoms with Gasteiger partial charge in [0.15, 0.2) is 0 Å². The lowest BCUT2D eigenvalue weighted by Gasteiger charge is -2.10. The highest BCUT2D eigenvalue weighted by Crippen LogP contribution is 2.30. The summed E-state index contributed by atoms with van der Waals surface area (Å²) in [5.74, 6) is -0.418. The molecule has 1 aliphatic carbocycles. The Hall–Kier alpha value is -2.09. The van der Waals surface area contributed by atoms with Crippen LogP contribution in [-0.4, -0.2) is 18.9 Å². The number of aromatic nitrogens is 1. The van der Waals surface area contributed by atoms with E-state index in [1.54, 1.807) is 0 Å². The van der Waals surface area contributed by atoms with Crippen molar-refractivity contribution in [3.63, 3.8) is 0 Å². The van der Waals surface area contributed by atoms with Crippen LogP contribution < -0.4 is 4.18 Å². The topological polar surface area (TPSA) is 56.3 Å². The van der Waals surface area contributed by atoms with Crippen LogP contribution in [0.2, 0.25) is 0 Å². The fourth-order valence-electron chi connectivity index (χ4n) is 2.03. The maximum absolute atomic E-state index is 12.3. The zero-order chi connectivity index (χ0) is 15.3. The van der Waals surface area contributed by atoms with Crippen LogP contribution >= 0.6 is 0 Å². The van der Waals surface area contributed by atoms with E-state index in [0.29, 0.717) is 17.3 Å². The Balaban J connectivity index is 2.01. The van der Waals surface area contributed by atoms with Crippen LogP contribution in [0.15, 0.2) is 30.3 Å². The van der Waals surface area contributed by atoms with Crippen molar-refractivity contribution in [2.75, 3.05) is 0 Å². The summed E-state index contributed by atoms with van der Waals surface area (Å²) in [6.45, 7) is 0. The molecule has 0 fully saturated rings. The lowest BCUT2D eigenvalue weighted by atomic mass is 10.1. The minimum absolute atomic E-state index is 0.382. The first-order valence-electron chi connectivity index (χ1n) is 5.87. The van der Waals surface area contributed by atoms with Gasteiger partial charge in [-0.25, -0.2) is 0 Å². The Morgan fingerprint density at radius 2 is 1.95 bits per heavy atom. The van der Waals surface area contributed by atoms with Crippen LogP contribution in [-0.2, 0) is 16.5 Å². The van der Waals surface area contributed by atoms with Crippen LogP contribution in [0.5, 0.6) is 5.75 Å². The third kappa shape index (κ3) is 2.46. The largest absolute Gasteiger partial charge is 0.534 e. The van der Waals surface area contributed by atoms with Crippen LogP contribution in [0, 0.1) is 0 Å². The summed E-state index contributed by atoms with van der Waals surface area (Å²) in [5.41, 5.74) is -3.35. The third-order valence-electron chi connectivity index (χ3n) is 3.00. The Bertz CT molecular complexity index is 857. The Morgan fingerprint density at radius 3 is 2.67 bits per heavy atom. The minimum Gasteiger partial charge on any atom is -0.376 e. The molecule has 0 unspecified atom stereocenters. The van der Waals surface area contributed by atoms with Gasteiger partial charge in [-0.05, 0) is 23.8 Å². The number of pyridine rings is 1. The molecule has 0 bridgehead atoms. The van der Waals surface area contributed by atoms with Crippen molar-refractivity contribution in [2.45, 2.75) is 11.9 Å². The number of halogens is 3. The van der Waals surface area contributed by atoms with Crippen molar-refractivity contribution >= 4 is 27.1 Å². The lowest BCUT2D eigenvalue weighted by molar-refractivity contribution is -0.0500. The van der Waals surface area contributed by atoms with Gasteiger partial charge >= 0.3 is 15.6 Å². The number of nitrogens with zero attached hydrogens (tertiary/aromatic N) is 1. The smallest absolute Gasteiger partial charge is 0.376 e. The van der Waals surface area contributed by atoms with Gasteiger partial charge < -0.3 is 4.18 Å². The summed E-state index contributed by atoms with van der Waals surface area (Å²) >= 11 is 0. The molecule has 0 atom stereocenters. The minimum atomic E-state index is -5.67. The van der Waals surface area contributed by atoms with Gasteiger partial charge in [-0.3, -0.25) is 4.98 Å². The Morgan fingerprint density at radius 1 is 1.19 bits per heavy atom. The summed E-state index contributed by atoms with van der Waals surface area (Å²) in [6.07, 6.45) is 4.46. The Kier molecular flexibility index (Phi) is 2.94. The molecule has 3 rings (SSSR count). The predicted octanol–water partition coefficient (Wildman–Crippen LogP) is 3.03. The van der Waals surface area contributed by atoms with Crippen molar-refractivity contribution in [2.24, 2.45) is 0 Å². The molecule has 0 aliphatic heterocycles. The van der Waals surface area contributed by atoms with E-state index in [1.165, 1.54) is 18.2 Å². The average Bonchev–Trinajstić information content (AvgIpc) is 2.81. The normalized spacial score (nSPS) is 14.4. The summed E-state index contributed by atoms with van der Waals surface area (Å²) in [7, 11) is -5.67.